The van der Waals surface area contributed by atoms with E-state index >= 15 is 0 Å². The van der Waals surface area contributed by atoms with Crippen molar-refractivity contribution in [2.24, 2.45) is 0 Å². The van der Waals surface area contributed by atoms with Crippen LogP contribution < -0.4 is 0 Å². The van der Waals surface area contributed by atoms with Crippen molar-refractivity contribution in [3.05, 3.63) is 206 Å². The lowest BCUT2D eigenvalue weighted by Gasteiger charge is -2.20. The molecule has 0 aliphatic carbocycles. The molecule has 0 spiro atoms. The smallest absolute Gasteiger partial charge is 0.00199 e. The van der Waals surface area contributed by atoms with Gasteiger partial charge in [-0.25, -0.2) is 0 Å². The molecule has 11 aromatic rings. The van der Waals surface area contributed by atoms with Crippen LogP contribution in [0.15, 0.2) is 206 Å². The molecule has 0 N–H and O–H groups in total. The van der Waals surface area contributed by atoms with Crippen LogP contribution in [-0.4, -0.2) is 0 Å². The third kappa shape index (κ3) is 4.92. The van der Waals surface area contributed by atoms with Gasteiger partial charge >= 0.3 is 0 Å². The van der Waals surface area contributed by atoms with Gasteiger partial charge in [-0.2, -0.15) is 0 Å². The summed E-state index contributed by atoms with van der Waals surface area (Å²) in [4.78, 5) is 0. The normalized spacial score (nSPS) is 11.7. The summed E-state index contributed by atoms with van der Waals surface area (Å²) in [6, 6.07) is 76.3. The summed E-state index contributed by atoms with van der Waals surface area (Å²) in [5.41, 5.74) is 9.91. The predicted molar refractivity (Wildman–Crippen MR) is 233 cm³/mol. The largest absolute Gasteiger partial charge is 0.0616 e. The Hall–Kier alpha value is -7.02. The Morgan fingerprint density at radius 2 is 0.611 bits per heavy atom. The SMILES string of the molecule is c1ccc2cc(-c3ccc(-c4c5ccccc5c(-c5cc6ccccc6c6ccccc56)c5ccc(-c6ccc7ccccc7c6)cc45)cc3)ccc2c1. The van der Waals surface area contributed by atoms with Gasteiger partial charge in [0, 0.05) is 0 Å². The van der Waals surface area contributed by atoms with Crippen LogP contribution >= 0.6 is 0 Å². The standard InChI is InChI=1S/C54H34/c1-3-13-39-31-41(27-23-35(39)11-1)37-21-25-38(26-22-37)53-48-19-9-10-20-49(48)54(51-34-44-15-5-6-16-45(44)46-17-7-8-18-47(46)51)50-30-29-43(33-52(50)53)42-28-24-36-12-2-4-14-40(36)32-42/h1-34H. The first-order chi connectivity index (χ1) is 26.8. The second kappa shape index (κ2) is 12.3. The van der Waals surface area contributed by atoms with Gasteiger partial charge in [-0.1, -0.05) is 182 Å². The van der Waals surface area contributed by atoms with Crippen molar-refractivity contribution in [2.75, 3.05) is 0 Å². The fourth-order valence-electron chi connectivity index (χ4n) is 8.79. The molecule has 0 unspecified atom stereocenters. The highest BCUT2D eigenvalue weighted by molar-refractivity contribution is 6.26. The molecule has 0 saturated heterocycles. The first-order valence-corrected chi connectivity index (χ1v) is 18.7. The zero-order valence-corrected chi connectivity index (χ0v) is 29.6. The third-order valence-corrected chi connectivity index (χ3v) is 11.4. The Morgan fingerprint density at radius 3 is 1.28 bits per heavy atom. The monoisotopic (exact) mass is 682 g/mol. The summed E-state index contributed by atoms with van der Waals surface area (Å²) < 4.78 is 0. The molecule has 11 aromatic carbocycles. The highest BCUT2D eigenvalue weighted by atomic mass is 14.2. The van der Waals surface area contributed by atoms with Crippen LogP contribution in [0.4, 0.5) is 0 Å². The van der Waals surface area contributed by atoms with Crippen LogP contribution in [0.5, 0.6) is 0 Å². The minimum absolute atomic E-state index is 1.21. The maximum atomic E-state index is 2.44. The summed E-state index contributed by atoms with van der Waals surface area (Å²) in [5, 5.41) is 15.1. The van der Waals surface area contributed by atoms with Crippen molar-refractivity contribution < 1.29 is 0 Å². The molecular weight excluding hydrogens is 649 g/mol. The van der Waals surface area contributed by atoms with E-state index in [4.69, 9.17) is 0 Å². The number of rotatable bonds is 4. The molecule has 0 fully saturated rings. The highest BCUT2D eigenvalue weighted by Gasteiger charge is 2.20. The topological polar surface area (TPSA) is 0 Å². The van der Waals surface area contributed by atoms with E-state index in [0.29, 0.717) is 0 Å². The van der Waals surface area contributed by atoms with Gasteiger partial charge in [-0.05, 0) is 133 Å². The molecule has 54 heavy (non-hydrogen) atoms. The average molecular weight is 683 g/mol. The number of hydrogen-bond acceptors (Lipinski definition) is 0. The molecule has 0 radical (unpaired) electrons. The molecule has 0 heteroatoms. The van der Waals surface area contributed by atoms with E-state index in [9.17, 15) is 0 Å². The molecule has 0 amide bonds. The Bertz CT molecular complexity index is 3260. The first kappa shape index (κ1) is 30.6. The van der Waals surface area contributed by atoms with Crippen molar-refractivity contribution >= 4 is 64.6 Å². The second-order valence-corrected chi connectivity index (χ2v) is 14.4. The van der Waals surface area contributed by atoms with Crippen LogP contribution in [0, 0.1) is 0 Å². The van der Waals surface area contributed by atoms with Crippen molar-refractivity contribution in [3.63, 3.8) is 0 Å². The summed E-state index contributed by atoms with van der Waals surface area (Å²) in [6.45, 7) is 0. The molecule has 0 aliphatic rings. The average Bonchev–Trinajstić information content (AvgIpc) is 3.25. The molecular formula is C54H34. The molecule has 0 bridgehead atoms. The van der Waals surface area contributed by atoms with E-state index in [1.165, 1.54) is 109 Å². The van der Waals surface area contributed by atoms with Gasteiger partial charge < -0.3 is 0 Å². The fourth-order valence-corrected chi connectivity index (χ4v) is 8.79. The van der Waals surface area contributed by atoms with Crippen molar-refractivity contribution in [1.29, 1.82) is 0 Å². The molecule has 0 aromatic heterocycles. The summed E-state index contributed by atoms with van der Waals surface area (Å²) >= 11 is 0. The summed E-state index contributed by atoms with van der Waals surface area (Å²) in [5.74, 6) is 0. The van der Waals surface area contributed by atoms with E-state index in [2.05, 4.69) is 206 Å². The lowest BCUT2D eigenvalue weighted by molar-refractivity contribution is 1.62. The zero-order chi connectivity index (χ0) is 35.6. The number of benzene rings is 11. The summed E-state index contributed by atoms with van der Waals surface area (Å²) in [6.07, 6.45) is 0. The lowest BCUT2D eigenvalue weighted by atomic mass is 9.83. The van der Waals surface area contributed by atoms with E-state index in [1.807, 2.05) is 0 Å². The molecule has 0 heterocycles. The van der Waals surface area contributed by atoms with Crippen LogP contribution in [-0.2, 0) is 0 Å². The Kier molecular flexibility index (Phi) is 6.97. The zero-order valence-electron chi connectivity index (χ0n) is 29.6. The van der Waals surface area contributed by atoms with E-state index in [1.54, 1.807) is 0 Å². The maximum absolute atomic E-state index is 2.44. The molecule has 250 valence electrons. The predicted octanol–water partition coefficient (Wildman–Crippen LogP) is 15.3. The number of fused-ring (bicyclic) bond motifs is 7. The lowest BCUT2D eigenvalue weighted by Crippen LogP contribution is -1.93. The van der Waals surface area contributed by atoms with Gasteiger partial charge in [-0.3, -0.25) is 0 Å². The minimum Gasteiger partial charge on any atom is -0.0616 e. The fraction of sp³-hybridized carbons (Fsp3) is 0. The van der Waals surface area contributed by atoms with Crippen LogP contribution in [0.1, 0.15) is 0 Å². The van der Waals surface area contributed by atoms with Gasteiger partial charge in [0.2, 0.25) is 0 Å². The number of hydrogen-bond donors (Lipinski definition) is 0. The Morgan fingerprint density at radius 1 is 0.185 bits per heavy atom. The maximum Gasteiger partial charge on any atom is -0.00199 e. The first-order valence-electron chi connectivity index (χ1n) is 18.7. The molecule has 0 atom stereocenters. The Balaban J connectivity index is 1.20. The van der Waals surface area contributed by atoms with E-state index in [-0.39, 0.29) is 0 Å². The van der Waals surface area contributed by atoms with Crippen LogP contribution in [0.2, 0.25) is 0 Å². The second-order valence-electron chi connectivity index (χ2n) is 14.4. The molecule has 11 rings (SSSR count). The van der Waals surface area contributed by atoms with Gasteiger partial charge in [0.25, 0.3) is 0 Å². The van der Waals surface area contributed by atoms with Gasteiger partial charge in [0.05, 0.1) is 0 Å². The molecule has 0 nitrogen and oxygen atoms in total. The third-order valence-electron chi connectivity index (χ3n) is 11.4. The quantitative estimate of drug-likeness (QED) is 0.128. The highest BCUT2D eigenvalue weighted by Crippen LogP contribution is 2.47. The molecule has 0 saturated carbocycles. The van der Waals surface area contributed by atoms with Crippen molar-refractivity contribution in [2.45, 2.75) is 0 Å². The van der Waals surface area contributed by atoms with Gasteiger partial charge in [0.1, 0.15) is 0 Å². The van der Waals surface area contributed by atoms with Crippen molar-refractivity contribution in [1.82, 2.24) is 0 Å². The van der Waals surface area contributed by atoms with Crippen molar-refractivity contribution in [3.8, 4) is 44.5 Å². The van der Waals surface area contributed by atoms with Crippen LogP contribution in [0.3, 0.4) is 0 Å². The molecule has 0 aliphatic heterocycles. The van der Waals surface area contributed by atoms with Crippen LogP contribution in [0.25, 0.3) is 109 Å². The minimum atomic E-state index is 1.21. The Labute approximate surface area is 314 Å². The van der Waals surface area contributed by atoms with E-state index in [0.717, 1.165) is 0 Å². The summed E-state index contributed by atoms with van der Waals surface area (Å²) in [7, 11) is 0. The van der Waals surface area contributed by atoms with Gasteiger partial charge in [0.15, 0.2) is 0 Å². The van der Waals surface area contributed by atoms with Gasteiger partial charge in [-0.15, -0.1) is 0 Å². The van der Waals surface area contributed by atoms with E-state index < -0.39 is 0 Å².